The highest BCUT2D eigenvalue weighted by molar-refractivity contribution is 5.86. The van der Waals surface area contributed by atoms with E-state index >= 15 is 0 Å². The average Bonchev–Trinajstić information content (AvgIpc) is 2.35. The lowest BCUT2D eigenvalue weighted by Crippen LogP contribution is -2.13. The Hall–Kier alpha value is -1.56. The molecule has 0 saturated heterocycles. The van der Waals surface area contributed by atoms with E-state index in [9.17, 15) is 4.79 Å². The molecule has 0 radical (unpaired) electrons. The Balaban J connectivity index is 3.14. The second-order valence-electron chi connectivity index (χ2n) is 3.45. The smallest absolute Gasteiger partial charge is 0.333 e. The molecule has 0 aliphatic heterocycles. The van der Waals surface area contributed by atoms with E-state index in [-0.39, 0.29) is 6.61 Å². The van der Waals surface area contributed by atoms with Crippen molar-refractivity contribution in [1.82, 2.24) is 0 Å². The van der Waals surface area contributed by atoms with Crippen molar-refractivity contribution in [2.45, 2.75) is 13.3 Å². The Morgan fingerprint density at radius 3 is 2.44 bits per heavy atom. The molecule has 0 bridgehead atoms. The maximum Gasteiger partial charge on any atom is 0.333 e. The Kier molecular flexibility index (Phi) is 10.9. The Labute approximate surface area is 106 Å². The van der Waals surface area contributed by atoms with Crippen LogP contribution in [0.15, 0.2) is 17.3 Å². The molecule has 0 fully saturated rings. The van der Waals surface area contributed by atoms with Gasteiger partial charge in [-0.15, -0.1) is 0 Å². The fourth-order valence-electron chi connectivity index (χ4n) is 0.921. The molecule has 0 aromatic carbocycles. The molecule has 0 spiro atoms. The van der Waals surface area contributed by atoms with Gasteiger partial charge in [-0.2, -0.15) is 0 Å². The van der Waals surface area contributed by atoms with Gasteiger partial charge in [0.25, 0.3) is 0 Å². The molecule has 0 N–H and O–H groups in total. The number of nitrogens with zero attached hydrogens (tertiary/aromatic N) is 3. The summed E-state index contributed by atoms with van der Waals surface area (Å²) in [6, 6.07) is 0. The Morgan fingerprint density at radius 1 is 1.22 bits per heavy atom. The van der Waals surface area contributed by atoms with E-state index in [2.05, 4.69) is 16.6 Å². The minimum Gasteiger partial charge on any atom is -0.460 e. The quantitative estimate of drug-likeness (QED) is 0.141. The summed E-state index contributed by atoms with van der Waals surface area (Å²) in [5, 5.41) is 3.37. The minimum atomic E-state index is -0.409. The van der Waals surface area contributed by atoms with Gasteiger partial charge in [-0.1, -0.05) is 11.7 Å². The van der Waals surface area contributed by atoms with Gasteiger partial charge in [0.2, 0.25) is 0 Å². The summed E-state index contributed by atoms with van der Waals surface area (Å²) in [5.74, 6) is -0.409. The van der Waals surface area contributed by atoms with Crippen molar-refractivity contribution in [3.63, 3.8) is 0 Å². The number of esters is 1. The normalized spacial score (nSPS) is 9.61. The van der Waals surface area contributed by atoms with Gasteiger partial charge in [0, 0.05) is 23.6 Å². The average molecular weight is 257 g/mol. The number of carbonyl (C=O) groups excluding carboxylic acids is 1. The molecule has 102 valence electrons. The van der Waals surface area contributed by atoms with E-state index in [1.165, 1.54) is 0 Å². The number of ether oxygens (including phenoxy) is 3. The van der Waals surface area contributed by atoms with Crippen molar-refractivity contribution in [2.24, 2.45) is 5.11 Å². The lowest BCUT2D eigenvalue weighted by Gasteiger charge is -2.06. The van der Waals surface area contributed by atoms with Crippen molar-refractivity contribution in [2.75, 3.05) is 39.6 Å². The number of hydrogen-bond acceptors (Lipinski definition) is 5. The van der Waals surface area contributed by atoms with Crippen LogP contribution in [0.2, 0.25) is 0 Å². The summed E-state index contributed by atoms with van der Waals surface area (Å²) >= 11 is 0. The summed E-state index contributed by atoms with van der Waals surface area (Å²) < 4.78 is 15.2. The number of hydrogen-bond donors (Lipinski definition) is 0. The molecule has 0 aliphatic rings. The molecular formula is C11H19N3O4. The van der Waals surface area contributed by atoms with E-state index in [1.54, 1.807) is 6.92 Å². The molecule has 7 nitrogen and oxygen atoms in total. The summed E-state index contributed by atoms with van der Waals surface area (Å²) in [6.45, 7) is 7.47. The lowest BCUT2D eigenvalue weighted by molar-refractivity contribution is -0.140. The Morgan fingerprint density at radius 2 is 1.83 bits per heavy atom. The van der Waals surface area contributed by atoms with Crippen LogP contribution in [0, 0.1) is 0 Å². The first kappa shape index (κ1) is 16.4. The summed E-state index contributed by atoms with van der Waals surface area (Å²) in [6.07, 6.45) is 0.695. The first-order valence-electron chi connectivity index (χ1n) is 5.67. The number of carbonyl (C=O) groups is 1. The molecule has 0 unspecified atom stereocenters. The molecular weight excluding hydrogens is 238 g/mol. The third-order valence-electron chi connectivity index (χ3n) is 1.79. The highest BCUT2D eigenvalue weighted by Gasteiger charge is 2.01. The molecule has 0 aromatic heterocycles. The van der Waals surface area contributed by atoms with Gasteiger partial charge in [0.15, 0.2) is 0 Å². The van der Waals surface area contributed by atoms with E-state index in [0.717, 1.165) is 0 Å². The largest absolute Gasteiger partial charge is 0.460 e. The van der Waals surface area contributed by atoms with Gasteiger partial charge in [0.1, 0.15) is 6.61 Å². The highest BCUT2D eigenvalue weighted by atomic mass is 16.6. The van der Waals surface area contributed by atoms with Crippen molar-refractivity contribution in [3.05, 3.63) is 22.6 Å². The van der Waals surface area contributed by atoms with E-state index < -0.39 is 5.97 Å². The van der Waals surface area contributed by atoms with Crippen molar-refractivity contribution in [3.8, 4) is 0 Å². The molecule has 0 atom stereocenters. The molecule has 0 aromatic rings. The predicted molar refractivity (Wildman–Crippen MR) is 66.0 cm³/mol. The fraction of sp³-hybridized carbons (Fsp3) is 0.727. The molecule has 0 rings (SSSR count). The SMILES string of the molecule is C=C(C)C(=O)OCCOCCOCCCN=[N+]=[N-]. The van der Waals surface area contributed by atoms with Gasteiger partial charge in [-0.3, -0.25) is 0 Å². The minimum absolute atomic E-state index is 0.211. The monoisotopic (exact) mass is 257 g/mol. The van der Waals surface area contributed by atoms with E-state index in [0.29, 0.717) is 45.0 Å². The van der Waals surface area contributed by atoms with Gasteiger partial charge < -0.3 is 14.2 Å². The molecule has 0 aliphatic carbocycles. The van der Waals surface area contributed by atoms with E-state index in [1.807, 2.05) is 0 Å². The Bertz CT molecular complexity index is 301. The predicted octanol–water partition coefficient (Wildman–Crippen LogP) is 1.84. The van der Waals surface area contributed by atoms with Crippen LogP contribution in [0.5, 0.6) is 0 Å². The van der Waals surface area contributed by atoms with Crippen molar-refractivity contribution in [1.29, 1.82) is 0 Å². The van der Waals surface area contributed by atoms with Crippen LogP contribution in [0.1, 0.15) is 13.3 Å². The maximum atomic E-state index is 11.0. The second-order valence-corrected chi connectivity index (χ2v) is 3.45. The zero-order chi connectivity index (χ0) is 13.6. The number of azide groups is 1. The summed E-state index contributed by atoms with van der Waals surface area (Å²) in [5.41, 5.74) is 8.39. The van der Waals surface area contributed by atoms with Gasteiger partial charge >= 0.3 is 5.97 Å². The molecule has 0 amide bonds. The van der Waals surface area contributed by atoms with Gasteiger partial charge in [0.05, 0.1) is 19.8 Å². The third-order valence-corrected chi connectivity index (χ3v) is 1.79. The summed E-state index contributed by atoms with van der Waals surface area (Å²) in [7, 11) is 0. The van der Waals surface area contributed by atoms with Crippen LogP contribution in [0.25, 0.3) is 10.4 Å². The summed E-state index contributed by atoms with van der Waals surface area (Å²) in [4.78, 5) is 13.6. The molecule has 7 heteroatoms. The first-order chi connectivity index (χ1) is 8.68. The van der Waals surface area contributed by atoms with Crippen molar-refractivity contribution >= 4 is 5.97 Å². The van der Waals surface area contributed by atoms with E-state index in [4.69, 9.17) is 19.7 Å². The van der Waals surface area contributed by atoms with Crippen LogP contribution >= 0.6 is 0 Å². The zero-order valence-electron chi connectivity index (χ0n) is 10.6. The van der Waals surface area contributed by atoms with Crippen LogP contribution in [-0.4, -0.2) is 45.5 Å². The highest BCUT2D eigenvalue weighted by Crippen LogP contribution is 1.91. The maximum absolute atomic E-state index is 11.0. The van der Waals surface area contributed by atoms with Crippen LogP contribution < -0.4 is 0 Å². The molecule has 0 heterocycles. The number of rotatable bonds is 11. The molecule has 18 heavy (non-hydrogen) atoms. The first-order valence-corrected chi connectivity index (χ1v) is 5.67. The van der Waals surface area contributed by atoms with Gasteiger partial charge in [-0.05, 0) is 18.9 Å². The van der Waals surface area contributed by atoms with Crippen LogP contribution in [0.4, 0.5) is 0 Å². The third kappa shape index (κ3) is 10.9. The standard InChI is InChI=1S/C11H19N3O4/c1-10(2)11(15)18-9-8-17-7-6-16-5-3-4-13-14-12/h1,3-9H2,2H3. The molecule has 0 saturated carbocycles. The second kappa shape index (κ2) is 11.9. The fourth-order valence-corrected chi connectivity index (χ4v) is 0.921. The van der Waals surface area contributed by atoms with Gasteiger partial charge in [-0.25, -0.2) is 4.79 Å². The lowest BCUT2D eigenvalue weighted by atomic mass is 10.4. The van der Waals surface area contributed by atoms with Crippen LogP contribution in [0.3, 0.4) is 0 Å². The zero-order valence-corrected chi connectivity index (χ0v) is 10.6. The topological polar surface area (TPSA) is 93.5 Å². The van der Waals surface area contributed by atoms with Crippen molar-refractivity contribution < 1.29 is 19.0 Å². The van der Waals surface area contributed by atoms with Crippen LogP contribution in [-0.2, 0) is 19.0 Å².